The summed E-state index contributed by atoms with van der Waals surface area (Å²) in [6, 6.07) is 0. The molecule has 1 fully saturated rings. The molecule has 1 rings (SSSR count). The minimum Gasteiger partial charge on any atom is -0.325 e. The number of hydrogen-bond donors (Lipinski definition) is 2. The Bertz CT molecular complexity index is 207. The molecule has 114 valence electrons. The van der Waals surface area contributed by atoms with Gasteiger partial charge in [0.1, 0.15) is 0 Å². The Hall–Kier alpha value is -0.0800. The molecule has 1 aliphatic carbocycles. The van der Waals surface area contributed by atoms with E-state index in [2.05, 4.69) is 19.2 Å². The second-order valence-corrected chi connectivity index (χ2v) is 7.02. The molecule has 2 nitrogen and oxygen atoms in total. The molecule has 1 aliphatic rings. The Morgan fingerprint density at radius 2 is 1.63 bits per heavy atom. The summed E-state index contributed by atoms with van der Waals surface area (Å²) in [6.45, 7) is 6.92. The summed E-state index contributed by atoms with van der Waals surface area (Å²) in [5.74, 6) is 0.870. The summed E-state index contributed by atoms with van der Waals surface area (Å²) in [6.07, 6.45) is 14.6. The molecule has 0 spiro atoms. The monoisotopic (exact) mass is 268 g/mol. The molecule has 0 aromatic carbocycles. The van der Waals surface area contributed by atoms with Crippen LogP contribution in [-0.2, 0) is 0 Å². The van der Waals surface area contributed by atoms with E-state index in [9.17, 15) is 0 Å². The van der Waals surface area contributed by atoms with Crippen LogP contribution >= 0.6 is 0 Å². The van der Waals surface area contributed by atoms with Gasteiger partial charge >= 0.3 is 0 Å². The second-order valence-electron chi connectivity index (χ2n) is 7.02. The maximum Gasteiger partial charge on any atom is 0.0166 e. The second kappa shape index (κ2) is 9.77. The molecule has 0 aromatic rings. The third kappa shape index (κ3) is 8.65. The molecule has 0 aromatic heterocycles. The van der Waals surface area contributed by atoms with Gasteiger partial charge in [-0.15, -0.1) is 0 Å². The normalized spacial score (nSPS) is 18.9. The van der Waals surface area contributed by atoms with Gasteiger partial charge in [0.2, 0.25) is 0 Å². The fourth-order valence-corrected chi connectivity index (χ4v) is 3.12. The van der Waals surface area contributed by atoms with E-state index in [1.807, 2.05) is 0 Å². The molecule has 19 heavy (non-hydrogen) atoms. The first kappa shape index (κ1) is 17.0. The van der Waals surface area contributed by atoms with Crippen molar-refractivity contribution in [3.05, 3.63) is 0 Å². The van der Waals surface area contributed by atoms with Crippen LogP contribution in [0.25, 0.3) is 0 Å². The quantitative estimate of drug-likeness (QED) is 0.582. The van der Waals surface area contributed by atoms with Crippen LogP contribution in [0.5, 0.6) is 0 Å². The van der Waals surface area contributed by atoms with Crippen LogP contribution in [0.15, 0.2) is 0 Å². The smallest absolute Gasteiger partial charge is 0.0166 e. The summed E-state index contributed by atoms with van der Waals surface area (Å²) in [5.41, 5.74) is 6.58. The predicted octanol–water partition coefficient (Wildman–Crippen LogP) is 4.23. The lowest BCUT2D eigenvalue weighted by atomic mass is 9.80. The molecule has 0 saturated heterocycles. The van der Waals surface area contributed by atoms with Crippen molar-refractivity contribution in [1.29, 1.82) is 0 Å². The predicted molar refractivity (Wildman–Crippen MR) is 85.4 cm³/mol. The van der Waals surface area contributed by atoms with Crippen LogP contribution in [0.3, 0.4) is 0 Å². The first-order valence-electron chi connectivity index (χ1n) is 8.62. The van der Waals surface area contributed by atoms with Gasteiger partial charge < -0.3 is 11.1 Å². The Morgan fingerprint density at radius 3 is 2.32 bits per heavy atom. The van der Waals surface area contributed by atoms with E-state index in [-0.39, 0.29) is 5.54 Å². The third-order valence-corrected chi connectivity index (χ3v) is 4.53. The summed E-state index contributed by atoms with van der Waals surface area (Å²) in [4.78, 5) is 0. The molecule has 0 amide bonds. The molecule has 0 aliphatic heterocycles. The van der Waals surface area contributed by atoms with Crippen LogP contribution in [0.4, 0.5) is 0 Å². The minimum atomic E-state index is 0.155. The van der Waals surface area contributed by atoms with Gasteiger partial charge in [0.05, 0.1) is 0 Å². The summed E-state index contributed by atoms with van der Waals surface area (Å²) < 4.78 is 0. The molecule has 3 N–H and O–H groups in total. The van der Waals surface area contributed by atoms with Crippen LogP contribution in [-0.4, -0.2) is 18.6 Å². The zero-order valence-electron chi connectivity index (χ0n) is 13.3. The van der Waals surface area contributed by atoms with Crippen molar-refractivity contribution in [2.45, 2.75) is 90.0 Å². The number of unbranched alkanes of at least 4 members (excludes halogenated alkanes) is 3. The lowest BCUT2D eigenvalue weighted by Gasteiger charge is -2.33. The van der Waals surface area contributed by atoms with E-state index < -0.39 is 0 Å². The molecule has 0 atom stereocenters. The molecule has 0 bridgehead atoms. The van der Waals surface area contributed by atoms with Crippen molar-refractivity contribution < 1.29 is 0 Å². The van der Waals surface area contributed by atoms with Crippen LogP contribution in [0, 0.1) is 5.92 Å². The van der Waals surface area contributed by atoms with Gasteiger partial charge in [0, 0.05) is 5.54 Å². The van der Waals surface area contributed by atoms with Crippen molar-refractivity contribution in [2.75, 3.05) is 13.1 Å². The first-order valence-corrected chi connectivity index (χ1v) is 8.62. The van der Waals surface area contributed by atoms with Gasteiger partial charge in [-0.25, -0.2) is 0 Å². The third-order valence-electron chi connectivity index (χ3n) is 4.53. The Balaban J connectivity index is 1.85. The van der Waals surface area contributed by atoms with E-state index in [1.54, 1.807) is 0 Å². The molecule has 1 saturated carbocycles. The molecular formula is C17H36N2. The first-order chi connectivity index (χ1) is 9.12. The molecular weight excluding hydrogens is 232 g/mol. The maximum atomic E-state index is 6.43. The van der Waals surface area contributed by atoms with Crippen molar-refractivity contribution in [3.63, 3.8) is 0 Å². The SMILES string of the molecule is CC(C)CCCCCCNCCC1(N)CCCCC1. The van der Waals surface area contributed by atoms with E-state index in [0.29, 0.717) is 0 Å². The summed E-state index contributed by atoms with van der Waals surface area (Å²) >= 11 is 0. The van der Waals surface area contributed by atoms with E-state index in [4.69, 9.17) is 5.73 Å². The fourth-order valence-electron chi connectivity index (χ4n) is 3.12. The average Bonchev–Trinajstić information content (AvgIpc) is 2.37. The molecule has 2 heteroatoms. The van der Waals surface area contributed by atoms with Crippen LogP contribution < -0.4 is 11.1 Å². The number of hydrogen-bond acceptors (Lipinski definition) is 2. The summed E-state index contributed by atoms with van der Waals surface area (Å²) in [5, 5.41) is 3.58. The Morgan fingerprint density at radius 1 is 0.947 bits per heavy atom. The lowest BCUT2D eigenvalue weighted by Crippen LogP contribution is -2.44. The highest BCUT2D eigenvalue weighted by Gasteiger charge is 2.26. The maximum absolute atomic E-state index is 6.43. The zero-order chi connectivity index (χ0) is 14.0. The van der Waals surface area contributed by atoms with Crippen LogP contribution in [0.2, 0.25) is 0 Å². The summed E-state index contributed by atoms with van der Waals surface area (Å²) in [7, 11) is 0. The largest absolute Gasteiger partial charge is 0.325 e. The van der Waals surface area contributed by atoms with Crippen molar-refractivity contribution in [1.82, 2.24) is 5.32 Å². The molecule has 0 heterocycles. The van der Waals surface area contributed by atoms with Crippen molar-refractivity contribution in [3.8, 4) is 0 Å². The van der Waals surface area contributed by atoms with Gasteiger partial charge in [-0.3, -0.25) is 0 Å². The molecule has 0 radical (unpaired) electrons. The van der Waals surface area contributed by atoms with Gasteiger partial charge in [0.15, 0.2) is 0 Å². The zero-order valence-corrected chi connectivity index (χ0v) is 13.3. The topological polar surface area (TPSA) is 38.0 Å². The van der Waals surface area contributed by atoms with Crippen molar-refractivity contribution >= 4 is 0 Å². The van der Waals surface area contributed by atoms with E-state index >= 15 is 0 Å². The van der Waals surface area contributed by atoms with E-state index in [1.165, 1.54) is 77.2 Å². The van der Waals surface area contributed by atoms with Gasteiger partial charge in [-0.1, -0.05) is 58.8 Å². The lowest BCUT2D eigenvalue weighted by molar-refractivity contribution is 0.275. The number of rotatable bonds is 10. The highest BCUT2D eigenvalue weighted by atomic mass is 14.9. The fraction of sp³-hybridized carbons (Fsp3) is 1.00. The number of nitrogens with two attached hydrogens (primary N) is 1. The van der Waals surface area contributed by atoms with Gasteiger partial charge in [-0.05, 0) is 44.7 Å². The van der Waals surface area contributed by atoms with Gasteiger partial charge in [-0.2, -0.15) is 0 Å². The number of nitrogens with one attached hydrogen (secondary N) is 1. The highest BCUT2D eigenvalue weighted by molar-refractivity contribution is 4.87. The van der Waals surface area contributed by atoms with Crippen molar-refractivity contribution in [2.24, 2.45) is 11.7 Å². The van der Waals surface area contributed by atoms with E-state index in [0.717, 1.165) is 12.5 Å². The molecule has 0 unspecified atom stereocenters. The average molecular weight is 268 g/mol. The Labute approximate surface area is 120 Å². The standard InChI is InChI=1S/C17H36N2/c1-16(2)10-6-3-4-9-14-19-15-13-17(18)11-7-5-8-12-17/h16,19H,3-15,18H2,1-2H3. The highest BCUT2D eigenvalue weighted by Crippen LogP contribution is 2.28. The van der Waals surface area contributed by atoms with Crippen LogP contribution in [0.1, 0.15) is 84.5 Å². The minimum absolute atomic E-state index is 0.155. The van der Waals surface area contributed by atoms with Gasteiger partial charge in [0.25, 0.3) is 0 Å². The Kier molecular flexibility index (Phi) is 8.72.